The fraction of sp³-hybridized carbons (Fsp3) is 0. The van der Waals surface area contributed by atoms with E-state index in [0.717, 1.165) is 81.9 Å². The van der Waals surface area contributed by atoms with Crippen molar-refractivity contribution in [3.8, 4) is 56.7 Å². The predicted molar refractivity (Wildman–Crippen MR) is 215 cm³/mol. The van der Waals surface area contributed by atoms with Gasteiger partial charge >= 0.3 is 0 Å². The summed E-state index contributed by atoms with van der Waals surface area (Å²) in [6.45, 7) is 0. The summed E-state index contributed by atoms with van der Waals surface area (Å²) >= 11 is 1.75. The van der Waals surface area contributed by atoms with E-state index in [1.807, 2.05) is 72.8 Å². The maximum Gasteiger partial charge on any atom is 0.227 e. The van der Waals surface area contributed by atoms with Crippen LogP contribution in [-0.4, -0.2) is 19.9 Å². The van der Waals surface area contributed by atoms with Gasteiger partial charge in [0.2, 0.25) is 5.89 Å². The van der Waals surface area contributed by atoms with Gasteiger partial charge in [0.25, 0.3) is 0 Å². The normalized spacial score (nSPS) is 11.8. The lowest BCUT2D eigenvalue weighted by atomic mass is 10.0. The van der Waals surface area contributed by atoms with E-state index in [0.29, 0.717) is 23.4 Å². The summed E-state index contributed by atoms with van der Waals surface area (Å²) < 4.78 is 14.8. The molecule has 0 aliphatic heterocycles. The van der Waals surface area contributed by atoms with Crippen LogP contribution in [0.25, 0.3) is 110 Å². The minimum Gasteiger partial charge on any atom is -0.455 e. The van der Waals surface area contributed by atoms with Crippen molar-refractivity contribution in [2.75, 3.05) is 0 Å². The average molecular weight is 699 g/mol. The molecule has 0 fully saturated rings. The molecule has 0 aliphatic rings. The lowest BCUT2D eigenvalue weighted by Crippen LogP contribution is -2.00. The van der Waals surface area contributed by atoms with Crippen LogP contribution in [0.4, 0.5) is 0 Å². The van der Waals surface area contributed by atoms with Crippen LogP contribution in [0, 0.1) is 0 Å². The Morgan fingerprint density at radius 2 is 1.06 bits per heavy atom. The molecule has 6 nitrogen and oxygen atoms in total. The second kappa shape index (κ2) is 11.8. The number of thiophene rings is 1. The van der Waals surface area contributed by atoms with E-state index in [1.54, 1.807) is 11.3 Å². The molecule has 0 amide bonds. The number of furan rings is 1. The lowest BCUT2D eigenvalue weighted by Gasteiger charge is -2.10. The number of para-hydroxylation sites is 4. The van der Waals surface area contributed by atoms with Gasteiger partial charge in [0.1, 0.15) is 16.7 Å². The molecule has 0 spiro atoms. The minimum absolute atomic E-state index is 0.596. The first kappa shape index (κ1) is 29.7. The van der Waals surface area contributed by atoms with E-state index in [-0.39, 0.29) is 0 Å². The van der Waals surface area contributed by atoms with Gasteiger partial charge in [-0.05, 0) is 48.0 Å². The number of oxazole rings is 1. The van der Waals surface area contributed by atoms with Crippen molar-refractivity contribution in [2.45, 2.75) is 0 Å². The average Bonchev–Trinajstić information content (AvgIpc) is 3.94. The van der Waals surface area contributed by atoms with Crippen LogP contribution in [0.1, 0.15) is 0 Å². The molecule has 0 unspecified atom stereocenters. The molecule has 7 aromatic carbocycles. The van der Waals surface area contributed by atoms with Gasteiger partial charge in [0.05, 0.1) is 0 Å². The standard InChI is InChI=1S/C46H26N4O2S/c1-2-10-28(11-3-1)43-48-44(29-22-20-27(21-23-29)31-13-8-14-33-32-12-4-6-17-37(32)51-42(31)33)50-45(49-43)34-15-9-19-40-41(34)35-26-30(24-25-39(35)53-40)46-47-36-16-5-7-18-38(36)52-46/h1-26H. The maximum absolute atomic E-state index is 6.35. The fourth-order valence-electron chi connectivity index (χ4n) is 7.26. The van der Waals surface area contributed by atoms with E-state index in [2.05, 4.69) is 84.9 Å². The molecule has 53 heavy (non-hydrogen) atoms. The van der Waals surface area contributed by atoms with Crippen molar-refractivity contribution < 1.29 is 8.83 Å². The summed E-state index contributed by atoms with van der Waals surface area (Å²) in [5.41, 5.74) is 9.14. The summed E-state index contributed by atoms with van der Waals surface area (Å²) in [5.74, 6) is 2.43. The van der Waals surface area contributed by atoms with Gasteiger partial charge in [0, 0.05) is 58.8 Å². The monoisotopic (exact) mass is 698 g/mol. The number of fused-ring (bicyclic) bond motifs is 7. The molecule has 248 valence electrons. The van der Waals surface area contributed by atoms with E-state index in [9.17, 15) is 0 Å². The molecule has 4 heterocycles. The molecule has 4 aromatic heterocycles. The van der Waals surface area contributed by atoms with Gasteiger partial charge in [-0.1, -0.05) is 115 Å². The Hall–Kier alpha value is -6.96. The van der Waals surface area contributed by atoms with E-state index in [4.69, 9.17) is 28.8 Å². The Balaban J connectivity index is 1.06. The van der Waals surface area contributed by atoms with Crippen LogP contribution in [0.5, 0.6) is 0 Å². The number of aromatic nitrogens is 4. The first-order valence-corrected chi connectivity index (χ1v) is 18.2. The van der Waals surface area contributed by atoms with Gasteiger partial charge < -0.3 is 8.83 Å². The van der Waals surface area contributed by atoms with Crippen LogP contribution in [0.2, 0.25) is 0 Å². The summed E-state index contributed by atoms with van der Waals surface area (Å²) in [4.78, 5) is 20.1. The van der Waals surface area contributed by atoms with Crippen LogP contribution >= 0.6 is 11.3 Å². The van der Waals surface area contributed by atoms with Crippen molar-refractivity contribution in [1.82, 2.24) is 19.9 Å². The van der Waals surface area contributed by atoms with Crippen LogP contribution in [0.3, 0.4) is 0 Å². The molecule has 0 aliphatic carbocycles. The fourth-order valence-corrected chi connectivity index (χ4v) is 8.37. The minimum atomic E-state index is 0.596. The second-order valence-electron chi connectivity index (χ2n) is 13.0. The molecule has 11 rings (SSSR count). The highest BCUT2D eigenvalue weighted by atomic mass is 32.1. The van der Waals surface area contributed by atoms with Gasteiger partial charge in [0.15, 0.2) is 23.1 Å². The summed E-state index contributed by atoms with van der Waals surface area (Å²) in [5, 5.41) is 4.42. The molecule has 0 saturated carbocycles. The van der Waals surface area contributed by atoms with E-state index < -0.39 is 0 Å². The molecule has 7 heteroatoms. The Morgan fingerprint density at radius 1 is 0.396 bits per heavy atom. The topological polar surface area (TPSA) is 77.8 Å². The predicted octanol–water partition coefficient (Wildman–Crippen LogP) is 12.6. The number of hydrogen-bond acceptors (Lipinski definition) is 7. The smallest absolute Gasteiger partial charge is 0.227 e. The lowest BCUT2D eigenvalue weighted by molar-refractivity contribution is 0.620. The first-order valence-electron chi connectivity index (χ1n) is 17.4. The quantitative estimate of drug-likeness (QED) is 0.178. The van der Waals surface area contributed by atoms with Gasteiger partial charge in [-0.15, -0.1) is 11.3 Å². The molecular weight excluding hydrogens is 673 g/mol. The summed E-state index contributed by atoms with van der Waals surface area (Å²) in [7, 11) is 0. The highest BCUT2D eigenvalue weighted by Gasteiger charge is 2.19. The summed E-state index contributed by atoms with van der Waals surface area (Å²) in [6.07, 6.45) is 0. The zero-order valence-electron chi connectivity index (χ0n) is 28.0. The molecule has 0 saturated heterocycles. The van der Waals surface area contributed by atoms with Crippen molar-refractivity contribution in [3.63, 3.8) is 0 Å². The van der Waals surface area contributed by atoms with Gasteiger partial charge in [-0.3, -0.25) is 0 Å². The highest BCUT2D eigenvalue weighted by Crippen LogP contribution is 2.42. The number of benzene rings is 7. The third-order valence-electron chi connectivity index (χ3n) is 9.80. The molecule has 0 bridgehead atoms. The van der Waals surface area contributed by atoms with Gasteiger partial charge in [-0.2, -0.15) is 0 Å². The first-order chi connectivity index (χ1) is 26.2. The SMILES string of the molecule is c1ccc(-c2nc(-c3ccc(-c4cccc5c4oc4ccccc45)cc3)nc(-c3cccc4sc5ccc(-c6nc7ccccc7o6)cc5c34)n2)cc1. The molecular formula is C46H26N4O2S. The largest absolute Gasteiger partial charge is 0.455 e. The molecule has 11 aromatic rings. The van der Waals surface area contributed by atoms with E-state index in [1.165, 1.54) is 4.70 Å². The van der Waals surface area contributed by atoms with Gasteiger partial charge in [-0.25, -0.2) is 19.9 Å². The third kappa shape index (κ3) is 4.93. The number of rotatable bonds is 5. The van der Waals surface area contributed by atoms with Crippen molar-refractivity contribution in [2.24, 2.45) is 0 Å². The van der Waals surface area contributed by atoms with Crippen molar-refractivity contribution >= 4 is 64.5 Å². The zero-order chi connectivity index (χ0) is 34.9. The molecule has 0 radical (unpaired) electrons. The highest BCUT2D eigenvalue weighted by molar-refractivity contribution is 7.26. The number of hydrogen-bond donors (Lipinski definition) is 0. The Morgan fingerprint density at radius 3 is 1.91 bits per heavy atom. The molecule has 0 atom stereocenters. The Kier molecular flexibility index (Phi) is 6.62. The van der Waals surface area contributed by atoms with Crippen molar-refractivity contribution in [1.29, 1.82) is 0 Å². The van der Waals surface area contributed by atoms with Crippen molar-refractivity contribution in [3.05, 3.63) is 158 Å². The van der Waals surface area contributed by atoms with Crippen LogP contribution in [0.15, 0.2) is 167 Å². The number of nitrogens with zero attached hydrogens (tertiary/aromatic N) is 4. The summed E-state index contributed by atoms with van der Waals surface area (Å²) in [6, 6.07) is 53.5. The Labute approximate surface area is 306 Å². The van der Waals surface area contributed by atoms with Crippen LogP contribution in [-0.2, 0) is 0 Å². The third-order valence-corrected chi connectivity index (χ3v) is 10.9. The maximum atomic E-state index is 6.35. The second-order valence-corrected chi connectivity index (χ2v) is 14.1. The van der Waals surface area contributed by atoms with Crippen LogP contribution < -0.4 is 0 Å². The molecule has 0 N–H and O–H groups in total. The Bertz CT molecular complexity index is 3150. The zero-order valence-corrected chi connectivity index (χ0v) is 28.8. The van der Waals surface area contributed by atoms with E-state index >= 15 is 0 Å².